The van der Waals surface area contributed by atoms with E-state index in [1.165, 1.54) is 12.5 Å². The van der Waals surface area contributed by atoms with Gasteiger partial charge in [0.2, 0.25) is 0 Å². The summed E-state index contributed by atoms with van der Waals surface area (Å²) in [6, 6.07) is 2.18. The van der Waals surface area contributed by atoms with Crippen molar-refractivity contribution in [3.05, 3.63) is 30.5 Å². The molecule has 0 bridgehead atoms. The van der Waals surface area contributed by atoms with Gasteiger partial charge >= 0.3 is 0 Å². The minimum atomic E-state index is -3.77. The number of aromatic nitrogens is 4. The fourth-order valence-electron chi connectivity index (χ4n) is 1.49. The van der Waals surface area contributed by atoms with Crippen LogP contribution in [0.1, 0.15) is 25.6 Å². The minimum Gasteiger partial charge on any atom is -0.330 e. The van der Waals surface area contributed by atoms with E-state index in [1.807, 2.05) is 30.8 Å². The highest BCUT2D eigenvalue weighted by Crippen LogP contribution is 2.12. The zero-order chi connectivity index (χ0) is 13.3. The van der Waals surface area contributed by atoms with Crippen LogP contribution in [0.15, 0.2) is 29.8 Å². The van der Waals surface area contributed by atoms with Crippen LogP contribution in [0.3, 0.4) is 0 Å². The van der Waals surface area contributed by atoms with Gasteiger partial charge in [0.05, 0.1) is 18.6 Å². The molecule has 0 atom stereocenters. The highest BCUT2D eigenvalue weighted by Gasteiger charge is 2.13. The Morgan fingerprint density at radius 1 is 1.44 bits per heavy atom. The molecule has 2 aromatic rings. The Morgan fingerprint density at radius 3 is 2.67 bits per heavy atom. The lowest BCUT2D eigenvalue weighted by Crippen LogP contribution is -2.03. The average Bonchev–Trinajstić information content (AvgIpc) is 2.85. The molecule has 0 aromatic carbocycles. The molecule has 2 rings (SSSR count). The van der Waals surface area contributed by atoms with Gasteiger partial charge in [0, 0.05) is 29.1 Å². The summed E-state index contributed by atoms with van der Waals surface area (Å²) < 4.78 is 25.6. The molecule has 2 aromatic heterocycles. The van der Waals surface area contributed by atoms with Gasteiger partial charge in [-0.05, 0) is 19.9 Å². The molecule has 2 heterocycles. The lowest BCUT2D eigenvalue weighted by Gasteiger charge is -2.03. The van der Waals surface area contributed by atoms with Crippen molar-refractivity contribution in [1.82, 2.24) is 19.3 Å². The number of halogens is 1. The normalized spacial score (nSPS) is 12.2. The first kappa shape index (κ1) is 13.1. The van der Waals surface area contributed by atoms with Gasteiger partial charge in [-0.1, -0.05) is 0 Å². The Kier molecular flexibility index (Phi) is 3.45. The fourth-order valence-corrected chi connectivity index (χ4v) is 2.16. The monoisotopic (exact) mass is 288 g/mol. The van der Waals surface area contributed by atoms with Gasteiger partial charge in [-0.3, -0.25) is 4.68 Å². The van der Waals surface area contributed by atoms with Crippen molar-refractivity contribution in [3.8, 4) is 0 Å². The van der Waals surface area contributed by atoms with Gasteiger partial charge in [-0.2, -0.15) is 5.10 Å². The summed E-state index contributed by atoms with van der Waals surface area (Å²) in [6.07, 6.45) is 4.69. The number of nitrogens with zero attached hydrogens (tertiary/aromatic N) is 4. The molecule has 0 aliphatic heterocycles. The van der Waals surface area contributed by atoms with Crippen LogP contribution in [0, 0.1) is 0 Å². The number of hydrogen-bond acceptors (Lipinski definition) is 4. The standard InChI is InChI=1S/C10H13ClN4O2S/c1-8(2)15-4-3-9(13-15)5-14-6-10(12-7-14)18(11,16)17/h3-4,6-8H,5H2,1-2H3. The number of rotatable bonds is 4. The number of imidazole rings is 1. The van der Waals surface area contributed by atoms with Gasteiger partial charge in [-0.15, -0.1) is 0 Å². The molecule has 0 aliphatic carbocycles. The molecular formula is C10H13ClN4O2S. The summed E-state index contributed by atoms with van der Waals surface area (Å²) in [6.45, 7) is 4.53. The summed E-state index contributed by atoms with van der Waals surface area (Å²) in [7, 11) is 1.43. The summed E-state index contributed by atoms with van der Waals surface area (Å²) in [5.74, 6) is 0. The smallest absolute Gasteiger partial charge is 0.280 e. The van der Waals surface area contributed by atoms with Gasteiger partial charge < -0.3 is 4.57 Å². The lowest BCUT2D eigenvalue weighted by molar-refractivity contribution is 0.523. The van der Waals surface area contributed by atoms with E-state index < -0.39 is 9.05 Å². The molecule has 0 saturated heterocycles. The first-order valence-corrected chi connectivity index (χ1v) is 7.67. The van der Waals surface area contributed by atoms with E-state index in [1.54, 1.807) is 4.57 Å². The van der Waals surface area contributed by atoms with Crippen LogP contribution in [0.5, 0.6) is 0 Å². The van der Waals surface area contributed by atoms with Crippen LogP contribution in [0.4, 0.5) is 0 Å². The highest BCUT2D eigenvalue weighted by molar-refractivity contribution is 8.13. The zero-order valence-corrected chi connectivity index (χ0v) is 11.6. The Labute approximate surface area is 110 Å². The predicted octanol–water partition coefficient (Wildman–Crippen LogP) is 1.64. The zero-order valence-electron chi connectivity index (χ0n) is 9.99. The van der Waals surface area contributed by atoms with Crippen molar-refractivity contribution in [2.75, 3.05) is 0 Å². The maximum atomic E-state index is 11.1. The molecule has 0 aliphatic rings. The maximum absolute atomic E-state index is 11.1. The molecule has 0 radical (unpaired) electrons. The van der Waals surface area contributed by atoms with Crippen LogP contribution in [0.2, 0.25) is 0 Å². The van der Waals surface area contributed by atoms with Gasteiger partial charge in [0.25, 0.3) is 9.05 Å². The Hall–Kier alpha value is -1.34. The Bertz CT molecular complexity index is 644. The Balaban J connectivity index is 2.16. The summed E-state index contributed by atoms with van der Waals surface area (Å²) >= 11 is 0. The second kappa shape index (κ2) is 4.74. The molecule has 0 unspecified atom stereocenters. The molecule has 8 heteroatoms. The number of hydrogen-bond donors (Lipinski definition) is 0. The highest BCUT2D eigenvalue weighted by atomic mass is 35.7. The van der Waals surface area contributed by atoms with Gasteiger partial charge in [-0.25, -0.2) is 13.4 Å². The van der Waals surface area contributed by atoms with Gasteiger partial charge in [0.15, 0.2) is 5.03 Å². The van der Waals surface area contributed by atoms with E-state index in [0.29, 0.717) is 12.6 Å². The second-order valence-electron chi connectivity index (χ2n) is 4.20. The van der Waals surface area contributed by atoms with Crippen LogP contribution in [-0.4, -0.2) is 27.7 Å². The SMILES string of the molecule is CC(C)n1ccc(Cn2cnc(S(=O)(=O)Cl)c2)n1. The molecule has 18 heavy (non-hydrogen) atoms. The molecule has 0 spiro atoms. The van der Waals surface area contributed by atoms with Crippen molar-refractivity contribution >= 4 is 19.7 Å². The van der Waals surface area contributed by atoms with Crippen molar-refractivity contribution in [3.63, 3.8) is 0 Å². The van der Waals surface area contributed by atoms with Crippen LogP contribution < -0.4 is 0 Å². The van der Waals surface area contributed by atoms with Crippen molar-refractivity contribution in [1.29, 1.82) is 0 Å². The average molecular weight is 289 g/mol. The van der Waals surface area contributed by atoms with Crippen molar-refractivity contribution in [2.45, 2.75) is 31.5 Å². The van der Waals surface area contributed by atoms with E-state index in [2.05, 4.69) is 10.1 Å². The molecule has 0 amide bonds. The quantitative estimate of drug-likeness (QED) is 0.802. The molecule has 6 nitrogen and oxygen atoms in total. The molecular weight excluding hydrogens is 276 g/mol. The summed E-state index contributed by atoms with van der Waals surface area (Å²) in [4.78, 5) is 3.73. The lowest BCUT2D eigenvalue weighted by atomic mass is 10.4. The van der Waals surface area contributed by atoms with Crippen LogP contribution in [0.25, 0.3) is 0 Å². The topological polar surface area (TPSA) is 69.8 Å². The summed E-state index contributed by atoms with van der Waals surface area (Å²) in [5.41, 5.74) is 0.833. The Morgan fingerprint density at radius 2 is 2.17 bits per heavy atom. The third-order valence-corrected chi connectivity index (χ3v) is 3.58. The largest absolute Gasteiger partial charge is 0.330 e. The maximum Gasteiger partial charge on any atom is 0.280 e. The van der Waals surface area contributed by atoms with E-state index in [9.17, 15) is 8.42 Å². The first-order valence-electron chi connectivity index (χ1n) is 5.37. The molecule has 0 fully saturated rings. The molecule has 0 saturated carbocycles. The predicted molar refractivity (Wildman–Crippen MR) is 67.0 cm³/mol. The molecule has 98 valence electrons. The fraction of sp³-hybridized carbons (Fsp3) is 0.400. The molecule has 0 N–H and O–H groups in total. The van der Waals surface area contributed by atoms with Crippen LogP contribution in [-0.2, 0) is 15.6 Å². The third-order valence-electron chi connectivity index (χ3n) is 2.40. The third kappa shape index (κ3) is 2.91. The minimum absolute atomic E-state index is 0.146. The van der Waals surface area contributed by atoms with Crippen molar-refractivity contribution < 1.29 is 8.42 Å². The van der Waals surface area contributed by atoms with Crippen LogP contribution >= 0.6 is 10.7 Å². The summed E-state index contributed by atoms with van der Waals surface area (Å²) in [5, 5.41) is 4.22. The van der Waals surface area contributed by atoms with E-state index in [0.717, 1.165) is 5.69 Å². The van der Waals surface area contributed by atoms with E-state index in [4.69, 9.17) is 10.7 Å². The van der Waals surface area contributed by atoms with Crippen molar-refractivity contribution in [2.24, 2.45) is 0 Å². The first-order chi connectivity index (χ1) is 8.36. The second-order valence-corrected chi connectivity index (χ2v) is 6.72. The van der Waals surface area contributed by atoms with E-state index in [-0.39, 0.29) is 5.03 Å². The van der Waals surface area contributed by atoms with E-state index >= 15 is 0 Å². The van der Waals surface area contributed by atoms with Gasteiger partial charge in [0.1, 0.15) is 0 Å².